The molecule has 0 amide bonds. The first-order valence-corrected chi connectivity index (χ1v) is 4.15. The monoisotopic (exact) mass is 184 g/mol. The standard InChI is InChI=1S/C9H12O4/c1-4-7-8(11)13-9(5-2,12-7)6(3)10/h4H,5H2,1-3H3/b7-4-. The minimum Gasteiger partial charge on any atom is -0.438 e. The number of carbonyl (C=O) groups is 2. The van der Waals surface area contributed by atoms with Gasteiger partial charge in [-0.05, 0) is 13.0 Å². The number of ketones is 1. The number of hydrogen-bond acceptors (Lipinski definition) is 4. The smallest absolute Gasteiger partial charge is 0.377 e. The summed E-state index contributed by atoms with van der Waals surface area (Å²) in [6, 6.07) is 0. The topological polar surface area (TPSA) is 52.6 Å². The molecule has 0 N–H and O–H groups in total. The fourth-order valence-corrected chi connectivity index (χ4v) is 1.15. The zero-order valence-corrected chi connectivity index (χ0v) is 7.92. The zero-order chi connectivity index (χ0) is 10.1. The Morgan fingerprint density at radius 3 is 2.38 bits per heavy atom. The minimum atomic E-state index is -1.38. The lowest BCUT2D eigenvalue weighted by Gasteiger charge is -2.20. The summed E-state index contributed by atoms with van der Waals surface area (Å²) in [4.78, 5) is 22.3. The highest BCUT2D eigenvalue weighted by Gasteiger charge is 2.48. The van der Waals surface area contributed by atoms with E-state index in [4.69, 9.17) is 9.47 Å². The minimum absolute atomic E-state index is 0.108. The van der Waals surface area contributed by atoms with Crippen molar-refractivity contribution in [2.45, 2.75) is 33.0 Å². The summed E-state index contributed by atoms with van der Waals surface area (Å²) < 4.78 is 10.0. The summed E-state index contributed by atoms with van der Waals surface area (Å²) in [5, 5.41) is 0. The number of allylic oxidation sites excluding steroid dienone is 1. The van der Waals surface area contributed by atoms with E-state index in [9.17, 15) is 9.59 Å². The van der Waals surface area contributed by atoms with Gasteiger partial charge in [0.1, 0.15) is 0 Å². The summed E-state index contributed by atoms with van der Waals surface area (Å²) in [7, 11) is 0. The first-order valence-electron chi connectivity index (χ1n) is 4.15. The number of cyclic esters (lactones) is 1. The summed E-state index contributed by atoms with van der Waals surface area (Å²) in [6.07, 6.45) is 1.81. The van der Waals surface area contributed by atoms with Gasteiger partial charge in [0.25, 0.3) is 0 Å². The average Bonchev–Trinajstić information content (AvgIpc) is 2.43. The van der Waals surface area contributed by atoms with Crippen LogP contribution >= 0.6 is 0 Å². The molecule has 13 heavy (non-hydrogen) atoms. The van der Waals surface area contributed by atoms with Gasteiger partial charge in [-0.2, -0.15) is 0 Å². The Labute approximate surface area is 76.5 Å². The van der Waals surface area contributed by atoms with Crippen LogP contribution in [0.4, 0.5) is 0 Å². The van der Waals surface area contributed by atoms with Crippen molar-refractivity contribution in [3.63, 3.8) is 0 Å². The quantitative estimate of drug-likeness (QED) is 0.477. The lowest BCUT2D eigenvalue weighted by atomic mass is 10.1. The van der Waals surface area contributed by atoms with Crippen LogP contribution in [0.1, 0.15) is 27.2 Å². The third-order valence-electron chi connectivity index (χ3n) is 2.00. The van der Waals surface area contributed by atoms with E-state index in [2.05, 4.69) is 0 Å². The Bertz CT molecular complexity index is 279. The molecule has 0 radical (unpaired) electrons. The Balaban J connectivity index is 2.97. The van der Waals surface area contributed by atoms with Gasteiger partial charge in [0.2, 0.25) is 11.5 Å². The molecule has 1 fully saturated rings. The van der Waals surface area contributed by atoms with Crippen LogP contribution in [0.2, 0.25) is 0 Å². The van der Waals surface area contributed by atoms with Crippen molar-refractivity contribution in [1.82, 2.24) is 0 Å². The van der Waals surface area contributed by atoms with Crippen LogP contribution in [0.15, 0.2) is 11.8 Å². The normalized spacial score (nSPS) is 30.1. The highest BCUT2D eigenvalue weighted by Crippen LogP contribution is 2.30. The summed E-state index contributed by atoms with van der Waals surface area (Å²) in [6.45, 7) is 4.73. The van der Waals surface area contributed by atoms with E-state index in [0.29, 0.717) is 6.42 Å². The van der Waals surface area contributed by atoms with E-state index in [1.807, 2.05) is 0 Å². The summed E-state index contributed by atoms with van der Waals surface area (Å²) in [5.41, 5.74) is 0. The molecule has 1 aliphatic rings. The molecule has 72 valence electrons. The van der Waals surface area contributed by atoms with E-state index in [1.54, 1.807) is 13.8 Å². The molecule has 1 rings (SSSR count). The average molecular weight is 184 g/mol. The van der Waals surface area contributed by atoms with Crippen LogP contribution in [-0.2, 0) is 19.1 Å². The van der Waals surface area contributed by atoms with E-state index in [1.165, 1.54) is 13.0 Å². The molecule has 0 aromatic rings. The Morgan fingerprint density at radius 2 is 2.15 bits per heavy atom. The van der Waals surface area contributed by atoms with Crippen LogP contribution in [-0.4, -0.2) is 17.5 Å². The molecule has 0 bridgehead atoms. The molecule has 0 aliphatic carbocycles. The van der Waals surface area contributed by atoms with Gasteiger partial charge < -0.3 is 9.47 Å². The first kappa shape index (κ1) is 9.77. The third-order valence-corrected chi connectivity index (χ3v) is 2.00. The van der Waals surface area contributed by atoms with Crippen molar-refractivity contribution in [2.75, 3.05) is 0 Å². The van der Waals surface area contributed by atoms with E-state index in [0.717, 1.165) is 0 Å². The molecule has 0 aromatic carbocycles. The maximum Gasteiger partial charge on any atom is 0.377 e. The fourth-order valence-electron chi connectivity index (χ4n) is 1.15. The van der Waals surface area contributed by atoms with Gasteiger partial charge in [0, 0.05) is 13.3 Å². The van der Waals surface area contributed by atoms with Gasteiger partial charge in [-0.3, -0.25) is 4.79 Å². The zero-order valence-electron chi connectivity index (χ0n) is 7.92. The van der Waals surface area contributed by atoms with Crippen molar-refractivity contribution < 1.29 is 19.1 Å². The van der Waals surface area contributed by atoms with Crippen LogP contribution in [0.25, 0.3) is 0 Å². The maximum atomic E-state index is 11.2. The van der Waals surface area contributed by atoms with E-state index in [-0.39, 0.29) is 11.5 Å². The van der Waals surface area contributed by atoms with Crippen LogP contribution in [0, 0.1) is 0 Å². The Kier molecular flexibility index (Phi) is 2.40. The van der Waals surface area contributed by atoms with Crippen LogP contribution < -0.4 is 0 Å². The molecule has 1 saturated heterocycles. The molecule has 0 saturated carbocycles. The molecule has 0 spiro atoms. The summed E-state index contributed by atoms with van der Waals surface area (Å²) in [5.74, 6) is -2.13. The largest absolute Gasteiger partial charge is 0.438 e. The van der Waals surface area contributed by atoms with Crippen molar-refractivity contribution >= 4 is 11.8 Å². The molecule has 1 unspecified atom stereocenters. The van der Waals surface area contributed by atoms with Crippen molar-refractivity contribution in [3.8, 4) is 0 Å². The Hall–Kier alpha value is -1.32. The van der Waals surface area contributed by atoms with Gasteiger partial charge in [0.15, 0.2) is 0 Å². The highest BCUT2D eigenvalue weighted by atomic mass is 16.8. The number of rotatable bonds is 2. The van der Waals surface area contributed by atoms with Crippen molar-refractivity contribution in [2.24, 2.45) is 0 Å². The number of Topliss-reactive ketones (excluding diaryl/α,β-unsaturated/α-hetero) is 1. The molecule has 0 aromatic heterocycles. The van der Waals surface area contributed by atoms with Crippen LogP contribution in [0.5, 0.6) is 0 Å². The van der Waals surface area contributed by atoms with Crippen molar-refractivity contribution in [1.29, 1.82) is 0 Å². The second-order valence-corrected chi connectivity index (χ2v) is 2.81. The van der Waals surface area contributed by atoms with Crippen LogP contribution in [0.3, 0.4) is 0 Å². The molecule has 4 heteroatoms. The molecular formula is C9H12O4. The predicted octanol–water partition coefficient (Wildman–Crippen LogP) is 1.16. The second-order valence-electron chi connectivity index (χ2n) is 2.81. The number of carbonyl (C=O) groups excluding carboxylic acids is 2. The van der Waals surface area contributed by atoms with E-state index >= 15 is 0 Å². The molecular weight excluding hydrogens is 172 g/mol. The van der Waals surface area contributed by atoms with E-state index < -0.39 is 11.8 Å². The Morgan fingerprint density at radius 1 is 1.54 bits per heavy atom. The lowest BCUT2D eigenvalue weighted by molar-refractivity contribution is -0.182. The molecule has 1 aliphatic heterocycles. The SMILES string of the molecule is C/C=C1\OC(CC)(C(C)=O)OC1=O. The summed E-state index contributed by atoms with van der Waals surface area (Å²) >= 11 is 0. The molecule has 1 heterocycles. The van der Waals surface area contributed by atoms with Crippen molar-refractivity contribution in [3.05, 3.63) is 11.8 Å². The second kappa shape index (κ2) is 3.20. The number of esters is 1. The highest BCUT2D eigenvalue weighted by molar-refractivity contribution is 5.95. The lowest BCUT2D eigenvalue weighted by Crippen LogP contribution is -2.37. The number of hydrogen-bond donors (Lipinski definition) is 0. The fraction of sp³-hybridized carbons (Fsp3) is 0.556. The number of ether oxygens (including phenoxy) is 2. The predicted molar refractivity (Wildman–Crippen MR) is 44.6 cm³/mol. The maximum absolute atomic E-state index is 11.2. The van der Waals surface area contributed by atoms with Gasteiger partial charge >= 0.3 is 11.8 Å². The first-order chi connectivity index (χ1) is 6.05. The molecule has 4 nitrogen and oxygen atoms in total. The van der Waals surface area contributed by atoms with Gasteiger partial charge in [-0.15, -0.1) is 0 Å². The van der Waals surface area contributed by atoms with Gasteiger partial charge in [-0.25, -0.2) is 4.79 Å². The molecule has 1 atom stereocenters. The third kappa shape index (κ3) is 1.43. The van der Waals surface area contributed by atoms with Gasteiger partial charge in [0.05, 0.1) is 0 Å². The van der Waals surface area contributed by atoms with Gasteiger partial charge in [-0.1, -0.05) is 6.92 Å².